The van der Waals surface area contributed by atoms with Crippen molar-refractivity contribution in [3.8, 4) is 0 Å². The number of benzene rings is 1. The summed E-state index contributed by atoms with van der Waals surface area (Å²) in [6, 6.07) is 5.06. The van der Waals surface area contributed by atoms with Crippen LogP contribution in [0.15, 0.2) is 35.6 Å². The second-order valence-electron chi connectivity index (χ2n) is 6.16. The van der Waals surface area contributed by atoms with E-state index < -0.39 is 29.3 Å². The standard InChI is InChI=1S/C19H19FN2O3S/c1-4-9-22-15(12-7-5-6-8-13(12)20)14(17(24)19(22)25)16(23)18-10(2)21-11(3)26-18/h5-8,15,24H,4,9H2,1-3H3. The second-order valence-corrected chi connectivity index (χ2v) is 7.36. The van der Waals surface area contributed by atoms with Crippen LogP contribution in [0.1, 0.15) is 45.3 Å². The van der Waals surface area contributed by atoms with Crippen molar-refractivity contribution in [2.45, 2.75) is 33.2 Å². The molecule has 7 heteroatoms. The van der Waals surface area contributed by atoms with Crippen molar-refractivity contribution in [2.75, 3.05) is 6.54 Å². The molecule has 1 aromatic carbocycles. The van der Waals surface area contributed by atoms with E-state index in [4.69, 9.17) is 0 Å². The molecule has 2 heterocycles. The average Bonchev–Trinajstić information content (AvgIpc) is 3.06. The number of thiazole rings is 1. The van der Waals surface area contributed by atoms with E-state index in [1.165, 1.54) is 28.4 Å². The maximum absolute atomic E-state index is 14.5. The minimum Gasteiger partial charge on any atom is -0.503 e. The van der Waals surface area contributed by atoms with Gasteiger partial charge in [-0.1, -0.05) is 25.1 Å². The number of carbonyl (C=O) groups is 2. The Morgan fingerprint density at radius 3 is 2.62 bits per heavy atom. The molecule has 0 radical (unpaired) electrons. The molecule has 0 fully saturated rings. The zero-order valence-electron chi connectivity index (χ0n) is 14.7. The minimum atomic E-state index is -0.946. The normalized spacial score (nSPS) is 17.3. The molecule has 1 N–H and O–H groups in total. The van der Waals surface area contributed by atoms with Gasteiger partial charge in [-0.05, 0) is 26.3 Å². The van der Waals surface area contributed by atoms with Gasteiger partial charge < -0.3 is 10.0 Å². The molecule has 26 heavy (non-hydrogen) atoms. The van der Waals surface area contributed by atoms with Gasteiger partial charge in [0, 0.05) is 12.1 Å². The van der Waals surface area contributed by atoms with E-state index in [-0.39, 0.29) is 11.1 Å². The summed E-state index contributed by atoms with van der Waals surface area (Å²) >= 11 is 1.20. The monoisotopic (exact) mass is 374 g/mol. The predicted octanol–water partition coefficient (Wildman–Crippen LogP) is 3.89. The number of halogens is 1. The van der Waals surface area contributed by atoms with Crippen molar-refractivity contribution in [3.63, 3.8) is 0 Å². The number of nitrogens with zero attached hydrogens (tertiary/aromatic N) is 2. The van der Waals surface area contributed by atoms with Crippen LogP contribution < -0.4 is 0 Å². The molecule has 2 aromatic rings. The molecule has 0 bridgehead atoms. The fourth-order valence-corrected chi connectivity index (χ4v) is 4.12. The molecule has 1 amide bonds. The second kappa shape index (κ2) is 6.99. The molecule has 1 aliphatic rings. The molecule has 0 saturated carbocycles. The Morgan fingerprint density at radius 2 is 2.04 bits per heavy atom. The summed E-state index contributed by atoms with van der Waals surface area (Å²) in [5, 5.41) is 11.1. The molecule has 1 aliphatic heterocycles. The SMILES string of the molecule is CCCN1C(=O)C(O)=C(C(=O)c2sc(C)nc2C)C1c1ccccc1F. The molecule has 3 rings (SSSR count). The number of rotatable bonds is 5. The van der Waals surface area contributed by atoms with E-state index in [1.54, 1.807) is 26.0 Å². The highest BCUT2D eigenvalue weighted by atomic mass is 32.1. The summed E-state index contributed by atoms with van der Waals surface area (Å²) in [5.74, 6) is -2.26. The lowest BCUT2D eigenvalue weighted by atomic mass is 9.94. The van der Waals surface area contributed by atoms with Gasteiger partial charge >= 0.3 is 0 Å². The summed E-state index contributed by atoms with van der Waals surface area (Å²) in [6.45, 7) is 5.66. The first kappa shape index (κ1) is 18.3. The highest BCUT2D eigenvalue weighted by molar-refractivity contribution is 7.14. The summed E-state index contributed by atoms with van der Waals surface area (Å²) in [5.41, 5.74) is 0.646. The van der Waals surface area contributed by atoms with Crippen molar-refractivity contribution in [1.82, 2.24) is 9.88 Å². The molecule has 1 atom stereocenters. The van der Waals surface area contributed by atoms with Crippen molar-refractivity contribution < 1.29 is 19.1 Å². The van der Waals surface area contributed by atoms with Crippen LogP contribution in [0, 0.1) is 19.7 Å². The zero-order valence-corrected chi connectivity index (χ0v) is 15.6. The van der Waals surface area contributed by atoms with Crippen LogP contribution in [0.25, 0.3) is 0 Å². The summed E-state index contributed by atoms with van der Waals surface area (Å²) in [4.78, 5) is 31.6. The molecule has 0 spiro atoms. The van der Waals surface area contributed by atoms with Crippen LogP contribution in [0.3, 0.4) is 0 Å². The van der Waals surface area contributed by atoms with Crippen LogP contribution in [0.5, 0.6) is 0 Å². The van der Waals surface area contributed by atoms with E-state index >= 15 is 0 Å². The van der Waals surface area contributed by atoms with Gasteiger partial charge in [0.2, 0.25) is 5.78 Å². The topological polar surface area (TPSA) is 70.5 Å². The summed E-state index contributed by atoms with van der Waals surface area (Å²) in [6.07, 6.45) is 0.615. The minimum absolute atomic E-state index is 0.0831. The molecule has 136 valence electrons. The summed E-state index contributed by atoms with van der Waals surface area (Å²) < 4.78 is 14.5. The van der Waals surface area contributed by atoms with Gasteiger partial charge in [-0.3, -0.25) is 9.59 Å². The third-order valence-electron chi connectivity index (χ3n) is 4.32. The smallest absolute Gasteiger partial charge is 0.290 e. The first-order valence-electron chi connectivity index (χ1n) is 8.34. The van der Waals surface area contributed by atoms with Crippen LogP contribution >= 0.6 is 11.3 Å². The van der Waals surface area contributed by atoms with Gasteiger partial charge in [-0.25, -0.2) is 9.37 Å². The Hall–Kier alpha value is -2.54. The van der Waals surface area contributed by atoms with Gasteiger partial charge in [0.05, 0.1) is 27.2 Å². The fraction of sp³-hybridized carbons (Fsp3) is 0.316. The van der Waals surface area contributed by atoms with Gasteiger partial charge in [0.1, 0.15) is 5.82 Å². The van der Waals surface area contributed by atoms with Gasteiger partial charge in [-0.15, -0.1) is 11.3 Å². The average molecular weight is 374 g/mol. The molecule has 1 aromatic heterocycles. The van der Waals surface area contributed by atoms with E-state index in [2.05, 4.69) is 4.98 Å². The van der Waals surface area contributed by atoms with E-state index in [0.29, 0.717) is 28.5 Å². The largest absolute Gasteiger partial charge is 0.503 e. The molecule has 1 unspecified atom stereocenters. The lowest BCUT2D eigenvalue weighted by Crippen LogP contribution is -2.32. The van der Waals surface area contributed by atoms with Gasteiger partial charge in [0.15, 0.2) is 5.76 Å². The summed E-state index contributed by atoms with van der Waals surface area (Å²) in [7, 11) is 0. The third-order valence-corrected chi connectivity index (χ3v) is 5.39. The van der Waals surface area contributed by atoms with Crippen molar-refractivity contribution in [1.29, 1.82) is 0 Å². The fourth-order valence-electron chi connectivity index (χ4n) is 3.24. The van der Waals surface area contributed by atoms with E-state index in [0.717, 1.165) is 0 Å². The number of amides is 1. The number of aliphatic hydroxyl groups is 1. The Kier molecular flexibility index (Phi) is 4.91. The van der Waals surface area contributed by atoms with Crippen LogP contribution in [-0.2, 0) is 4.79 Å². The number of carbonyl (C=O) groups excluding carboxylic acids is 2. The zero-order chi connectivity index (χ0) is 19.0. The lowest BCUT2D eigenvalue weighted by Gasteiger charge is -2.26. The van der Waals surface area contributed by atoms with Gasteiger partial charge in [0.25, 0.3) is 5.91 Å². The number of hydrogen-bond acceptors (Lipinski definition) is 5. The van der Waals surface area contributed by atoms with Crippen LogP contribution in [0.4, 0.5) is 4.39 Å². The Labute approximate surface area is 154 Å². The number of ketones is 1. The maximum atomic E-state index is 14.5. The maximum Gasteiger partial charge on any atom is 0.290 e. The predicted molar refractivity (Wildman–Crippen MR) is 96.7 cm³/mol. The Bertz CT molecular complexity index is 919. The quantitative estimate of drug-likeness (QED) is 0.806. The van der Waals surface area contributed by atoms with E-state index in [9.17, 15) is 19.1 Å². The highest BCUT2D eigenvalue weighted by Gasteiger charge is 2.44. The molecule has 0 saturated heterocycles. The molecule has 5 nitrogen and oxygen atoms in total. The molecular weight excluding hydrogens is 355 g/mol. The van der Waals surface area contributed by atoms with Gasteiger partial charge in [-0.2, -0.15) is 0 Å². The van der Waals surface area contributed by atoms with Crippen molar-refractivity contribution in [3.05, 3.63) is 62.6 Å². The molecule has 0 aliphatic carbocycles. The number of Topliss-reactive ketones (excluding diaryl/α,β-unsaturated/α-hetero) is 1. The number of aryl methyl sites for hydroxylation is 2. The lowest BCUT2D eigenvalue weighted by molar-refractivity contribution is -0.129. The van der Waals surface area contributed by atoms with Crippen molar-refractivity contribution in [2.24, 2.45) is 0 Å². The third kappa shape index (κ3) is 2.92. The van der Waals surface area contributed by atoms with Crippen LogP contribution in [-0.4, -0.2) is 33.2 Å². The first-order chi connectivity index (χ1) is 12.4. The number of aromatic nitrogens is 1. The Morgan fingerprint density at radius 1 is 1.35 bits per heavy atom. The highest BCUT2D eigenvalue weighted by Crippen LogP contribution is 2.40. The van der Waals surface area contributed by atoms with Crippen molar-refractivity contribution >= 4 is 23.0 Å². The van der Waals surface area contributed by atoms with Crippen LogP contribution in [0.2, 0.25) is 0 Å². The van der Waals surface area contributed by atoms with E-state index in [1.807, 2.05) is 6.92 Å². The first-order valence-corrected chi connectivity index (χ1v) is 9.15. The molecular formula is C19H19FN2O3S. The number of hydrogen-bond donors (Lipinski definition) is 1. The number of aliphatic hydroxyl groups excluding tert-OH is 1. The Balaban J connectivity index is 2.16.